The molecule has 0 aliphatic heterocycles. The van der Waals surface area contributed by atoms with E-state index in [0.29, 0.717) is 10.9 Å². The molecule has 1 fully saturated rings. The van der Waals surface area contributed by atoms with Crippen LogP contribution in [0.15, 0.2) is 24.3 Å². The molecule has 0 saturated heterocycles. The molecule has 2 N–H and O–H groups in total. The average molecular weight is 295 g/mol. The van der Waals surface area contributed by atoms with Crippen molar-refractivity contribution in [3.8, 4) is 0 Å². The quantitative estimate of drug-likeness (QED) is 0.866. The Morgan fingerprint density at radius 1 is 1.35 bits per heavy atom. The van der Waals surface area contributed by atoms with Gasteiger partial charge in [0, 0.05) is 17.3 Å². The van der Waals surface area contributed by atoms with E-state index in [1.165, 1.54) is 32.1 Å². The van der Waals surface area contributed by atoms with Gasteiger partial charge in [-0.15, -0.1) is 0 Å². The molecule has 1 amide bonds. The number of nitrogens with one attached hydrogen (secondary N) is 2. The summed E-state index contributed by atoms with van der Waals surface area (Å²) in [6, 6.07) is 7.18. The van der Waals surface area contributed by atoms with Gasteiger partial charge in [-0.05, 0) is 43.9 Å². The zero-order valence-electron chi connectivity index (χ0n) is 12.0. The van der Waals surface area contributed by atoms with Gasteiger partial charge in [-0.1, -0.05) is 36.9 Å². The van der Waals surface area contributed by atoms with Crippen molar-refractivity contribution in [2.75, 3.05) is 11.9 Å². The molecule has 1 aromatic rings. The van der Waals surface area contributed by atoms with Crippen LogP contribution in [0.2, 0.25) is 5.02 Å². The molecule has 0 aromatic heterocycles. The van der Waals surface area contributed by atoms with Gasteiger partial charge in [0.1, 0.15) is 6.04 Å². The molecule has 1 atom stereocenters. The molecule has 0 radical (unpaired) electrons. The molecule has 2 rings (SSSR count). The summed E-state index contributed by atoms with van der Waals surface area (Å²) in [7, 11) is 0. The molecule has 0 unspecified atom stereocenters. The van der Waals surface area contributed by atoms with Crippen LogP contribution in [0, 0.1) is 5.92 Å². The van der Waals surface area contributed by atoms with E-state index >= 15 is 0 Å². The van der Waals surface area contributed by atoms with Crippen LogP contribution < -0.4 is 10.6 Å². The van der Waals surface area contributed by atoms with E-state index in [9.17, 15) is 4.79 Å². The Bertz CT molecular complexity index is 444. The lowest BCUT2D eigenvalue weighted by atomic mass is 9.89. The highest BCUT2D eigenvalue weighted by atomic mass is 35.5. The number of carbonyl (C=O) groups is 1. The molecule has 4 heteroatoms. The predicted molar refractivity (Wildman–Crippen MR) is 84.1 cm³/mol. The number of hydrogen-bond donors (Lipinski definition) is 2. The smallest absolute Gasteiger partial charge is 0.242 e. The van der Waals surface area contributed by atoms with E-state index in [-0.39, 0.29) is 11.9 Å². The molecule has 20 heavy (non-hydrogen) atoms. The molecule has 1 aromatic carbocycles. The lowest BCUT2D eigenvalue weighted by molar-refractivity contribution is -0.121. The van der Waals surface area contributed by atoms with Gasteiger partial charge >= 0.3 is 0 Å². The van der Waals surface area contributed by atoms with Crippen molar-refractivity contribution in [3.63, 3.8) is 0 Å². The first-order chi connectivity index (χ1) is 9.65. The third-order valence-electron chi connectivity index (χ3n) is 3.89. The first-order valence-electron chi connectivity index (χ1n) is 7.45. The lowest BCUT2D eigenvalue weighted by Gasteiger charge is -2.23. The maximum atomic E-state index is 12.1. The van der Waals surface area contributed by atoms with E-state index in [0.717, 1.165) is 12.2 Å². The lowest BCUT2D eigenvalue weighted by Crippen LogP contribution is -2.40. The Labute approximate surface area is 126 Å². The number of hydrogen-bond acceptors (Lipinski definition) is 2. The summed E-state index contributed by atoms with van der Waals surface area (Å²) < 4.78 is 0. The van der Waals surface area contributed by atoms with Gasteiger partial charge in [-0.2, -0.15) is 0 Å². The molecule has 0 heterocycles. The van der Waals surface area contributed by atoms with Crippen molar-refractivity contribution >= 4 is 23.2 Å². The summed E-state index contributed by atoms with van der Waals surface area (Å²) in [4.78, 5) is 12.1. The number of halogens is 1. The second-order valence-electron chi connectivity index (χ2n) is 5.63. The highest BCUT2D eigenvalue weighted by molar-refractivity contribution is 6.30. The number of carbonyl (C=O) groups excluding carboxylic acids is 1. The van der Waals surface area contributed by atoms with Gasteiger partial charge in [0.25, 0.3) is 0 Å². The monoisotopic (exact) mass is 294 g/mol. The normalized spacial score (nSPS) is 17.5. The van der Waals surface area contributed by atoms with Crippen molar-refractivity contribution in [3.05, 3.63) is 29.3 Å². The molecule has 1 saturated carbocycles. The fourth-order valence-corrected chi connectivity index (χ4v) is 2.87. The Balaban J connectivity index is 1.76. The Hall–Kier alpha value is -1.22. The van der Waals surface area contributed by atoms with E-state index in [2.05, 4.69) is 10.6 Å². The van der Waals surface area contributed by atoms with E-state index in [1.807, 2.05) is 31.2 Å². The molecular weight excluding hydrogens is 272 g/mol. The molecule has 0 bridgehead atoms. The van der Waals surface area contributed by atoms with Crippen LogP contribution in [0.4, 0.5) is 5.69 Å². The van der Waals surface area contributed by atoms with Crippen molar-refractivity contribution in [2.45, 2.75) is 45.1 Å². The summed E-state index contributed by atoms with van der Waals surface area (Å²) in [5.74, 6) is 0.710. The van der Waals surface area contributed by atoms with Crippen LogP contribution in [-0.4, -0.2) is 18.5 Å². The fraction of sp³-hybridized carbons (Fsp3) is 0.562. The number of amides is 1. The predicted octanol–water partition coefficient (Wildman–Crippen LogP) is 3.84. The van der Waals surface area contributed by atoms with Gasteiger partial charge in [0.2, 0.25) is 5.91 Å². The molecule has 1 aliphatic carbocycles. The van der Waals surface area contributed by atoms with Crippen molar-refractivity contribution in [2.24, 2.45) is 5.92 Å². The minimum Gasteiger partial charge on any atom is -0.374 e. The van der Waals surface area contributed by atoms with Crippen LogP contribution in [0.5, 0.6) is 0 Å². The highest BCUT2D eigenvalue weighted by Gasteiger charge is 2.17. The van der Waals surface area contributed by atoms with Crippen LogP contribution in [0.1, 0.15) is 39.0 Å². The number of anilines is 1. The summed E-state index contributed by atoms with van der Waals surface area (Å²) in [5, 5.41) is 6.90. The number of benzene rings is 1. The maximum absolute atomic E-state index is 12.1. The SMILES string of the molecule is C[C@@H](Nc1cccc(Cl)c1)C(=O)NCC1CCCCC1. The summed E-state index contributed by atoms with van der Waals surface area (Å²) >= 11 is 5.93. The first kappa shape index (κ1) is 15.2. The summed E-state index contributed by atoms with van der Waals surface area (Å²) in [5.41, 5.74) is 0.873. The van der Waals surface area contributed by atoms with Crippen LogP contribution in [0.25, 0.3) is 0 Å². The largest absolute Gasteiger partial charge is 0.374 e. The summed E-state index contributed by atoms with van der Waals surface area (Å²) in [6.45, 7) is 2.68. The standard InChI is InChI=1S/C16H23ClN2O/c1-12(19-15-9-5-8-14(17)10-15)16(20)18-11-13-6-3-2-4-7-13/h5,8-10,12-13,19H,2-4,6-7,11H2,1H3,(H,18,20)/t12-/m1/s1. The van der Waals surface area contributed by atoms with Crippen molar-refractivity contribution in [1.82, 2.24) is 5.32 Å². The van der Waals surface area contributed by atoms with Crippen LogP contribution in [-0.2, 0) is 4.79 Å². The molecular formula is C16H23ClN2O. The Kier molecular flexibility index (Phi) is 5.72. The molecule has 0 spiro atoms. The Morgan fingerprint density at radius 2 is 2.10 bits per heavy atom. The third kappa shape index (κ3) is 4.71. The minimum absolute atomic E-state index is 0.0514. The van der Waals surface area contributed by atoms with Gasteiger partial charge in [-0.3, -0.25) is 4.79 Å². The second kappa shape index (κ2) is 7.53. The highest BCUT2D eigenvalue weighted by Crippen LogP contribution is 2.22. The molecule has 110 valence electrons. The number of rotatable bonds is 5. The van der Waals surface area contributed by atoms with Gasteiger partial charge in [-0.25, -0.2) is 0 Å². The maximum Gasteiger partial charge on any atom is 0.242 e. The van der Waals surface area contributed by atoms with Crippen LogP contribution in [0.3, 0.4) is 0 Å². The fourth-order valence-electron chi connectivity index (χ4n) is 2.68. The van der Waals surface area contributed by atoms with E-state index < -0.39 is 0 Å². The van der Waals surface area contributed by atoms with Gasteiger partial charge < -0.3 is 10.6 Å². The molecule has 3 nitrogen and oxygen atoms in total. The molecule has 1 aliphatic rings. The second-order valence-corrected chi connectivity index (χ2v) is 6.06. The van der Waals surface area contributed by atoms with E-state index in [4.69, 9.17) is 11.6 Å². The first-order valence-corrected chi connectivity index (χ1v) is 7.83. The minimum atomic E-state index is -0.253. The van der Waals surface area contributed by atoms with Crippen LogP contribution >= 0.6 is 11.6 Å². The topological polar surface area (TPSA) is 41.1 Å². The zero-order chi connectivity index (χ0) is 14.4. The zero-order valence-corrected chi connectivity index (χ0v) is 12.7. The Morgan fingerprint density at radius 3 is 2.80 bits per heavy atom. The average Bonchev–Trinajstić information content (AvgIpc) is 2.46. The summed E-state index contributed by atoms with van der Waals surface area (Å²) in [6.07, 6.45) is 6.44. The van der Waals surface area contributed by atoms with Crippen molar-refractivity contribution < 1.29 is 4.79 Å². The third-order valence-corrected chi connectivity index (χ3v) is 4.13. The van der Waals surface area contributed by atoms with Gasteiger partial charge in [0.05, 0.1) is 0 Å². The van der Waals surface area contributed by atoms with E-state index in [1.54, 1.807) is 0 Å². The van der Waals surface area contributed by atoms with Crippen molar-refractivity contribution in [1.29, 1.82) is 0 Å². The van der Waals surface area contributed by atoms with Gasteiger partial charge in [0.15, 0.2) is 0 Å².